The molecule has 0 radical (unpaired) electrons. The minimum atomic E-state index is -3.59. The van der Waals surface area contributed by atoms with Crippen molar-refractivity contribution >= 4 is 15.8 Å². The summed E-state index contributed by atoms with van der Waals surface area (Å²) < 4.78 is 49.5. The van der Waals surface area contributed by atoms with Gasteiger partial charge in [-0.2, -0.15) is 0 Å². The summed E-state index contributed by atoms with van der Waals surface area (Å²) in [6, 6.07) is 0.413. The van der Waals surface area contributed by atoms with Gasteiger partial charge < -0.3 is 5.11 Å². The van der Waals surface area contributed by atoms with Gasteiger partial charge in [0.1, 0.15) is 17.7 Å². The summed E-state index contributed by atoms with van der Waals surface area (Å²) in [6.45, 7) is 0. The lowest BCUT2D eigenvalue weighted by molar-refractivity contribution is -0.139. The molecule has 2 N–H and O–H groups in total. The number of benzene rings is 1. The smallest absolute Gasteiger partial charge is 0.321 e. The predicted molar refractivity (Wildman–Crippen MR) is 62.3 cm³/mol. The first-order chi connectivity index (χ1) is 8.77. The Hall–Kier alpha value is -1.54. The number of carbonyl (C=O) groups is 1. The molecular weight excluding hydrogens is 280 g/mol. The van der Waals surface area contributed by atoms with Crippen LogP contribution in [-0.4, -0.2) is 37.0 Å². The van der Waals surface area contributed by atoms with Gasteiger partial charge in [-0.05, 0) is 17.7 Å². The van der Waals surface area contributed by atoms with Gasteiger partial charge in [0.2, 0.25) is 0 Å². The largest absolute Gasteiger partial charge is 0.480 e. The lowest BCUT2D eigenvalue weighted by Crippen LogP contribution is -2.51. The zero-order valence-electron chi connectivity index (χ0n) is 9.64. The highest BCUT2D eigenvalue weighted by Gasteiger charge is 2.36. The second kappa shape index (κ2) is 4.86. The zero-order valence-corrected chi connectivity index (χ0v) is 10.5. The molecule has 1 aliphatic heterocycles. The van der Waals surface area contributed by atoms with Crippen LogP contribution in [0.25, 0.3) is 0 Å². The summed E-state index contributed by atoms with van der Waals surface area (Å²) in [4.78, 5) is 10.9. The van der Waals surface area contributed by atoms with Gasteiger partial charge in [-0.1, -0.05) is 0 Å². The van der Waals surface area contributed by atoms with E-state index in [0.717, 1.165) is 12.1 Å². The summed E-state index contributed by atoms with van der Waals surface area (Å²) in [7, 11) is -3.59. The van der Waals surface area contributed by atoms with Crippen molar-refractivity contribution in [3.63, 3.8) is 0 Å². The fraction of sp³-hybridized carbons (Fsp3) is 0.364. The van der Waals surface area contributed by atoms with Gasteiger partial charge in [0.25, 0.3) is 0 Å². The Morgan fingerprint density at radius 3 is 2.32 bits per heavy atom. The van der Waals surface area contributed by atoms with Crippen LogP contribution in [0.15, 0.2) is 18.2 Å². The molecule has 1 aliphatic rings. The molecule has 0 spiro atoms. The Morgan fingerprint density at radius 1 is 1.21 bits per heavy atom. The Kier molecular flexibility index (Phi) is 3.55. The molecule has 2 unspecified atom stereocenters. The van der Waals surface area contributed by atoms with E-state index < -0.39 is 45.3 Å². The van der Waals surface area contributed by atoms with E-state index in [-0.39, 0.29) is 11.3 Å². The van der Waals surface area contributed by atoms with Crippen molar-refractivity contribution < 1.29 is 27.1 Å². The van der Waals surface area contributed by atoms with E-state index in [9.17, 15) is 22.0 Å². The number of sulfone groups is 1. The molecule has 0 bridgehead atoms. The molecule has 1 saturated heterocycles. The van der Waals surface area contributed by atoms with Gasteiger partial charge in [0.05, 0.1) is 11.5 Å². The minimum absolute atomic E-state index is 0.0759. The van der Waals surface area contributed by atoms with E-state index in [1.807, 2.05) is 0 Å². The van der Waals surface area contributed by atoms with Crippen LogP contribution in [0, 0.1) is 11.6 Å². The molecule has 2 rings (SSSR count). The molecule has 1 fully saturated rings. The summed E-state index contributed by atoms with van der Waals surface area (Å²) in [6.07, 6.45) is 0. The number of carboxylic acid groups (broad SMARTS) is 1. The standard InChI is InChI=1S/C11H11F2NO4S/c12-7-1-6(2-8(13)3-7)9-4-19(17,18)5-10(14-9)11(15)16/h1-3,9-10,14H,4-5H2,(H,15,16). The van der Waals surface area contributed by atoms with Gasteiger partial charge in [-0.25, -0.2) is 17.2 Å². The van der Waals surface area contributed by atoms with Crippen molar-refractivity contribution in [3.05, 3.63) is 35.4 Å². The minimum Gasteiger partial charge on any atom is -0.480 e. The van der Waals surface area contributed by atoms with Crippen LogP contribution in [0.3, 0.4) is 0 Å². The molecule has 2 atom stereocenters. The fourth-order valence-electron chi connectivity index (χ4n) is 2.03. The lowest BCUT2D eigenvalue weighted by Gasteiger charge is -2.28. The third-order valence-corrected chi connectivity index (χ3v) is 4.51. The number of aliphatic carboxylic acids is 1. The van der Waals surface area contributed by atoms with E-state index in [1.165, 1.54) is 0 Å². The lowest BCUT2D eigenvalue weighted by atomic mass is 10.1. The van der Waals surface area contributed by atoms with Crippen molar-refractivity contribution in [2.45, 2.75) is 12.1 Å². The average Bonchev–Trinajstić information content (AvgIpc) is 2.25. The number of hydrogen-bond acceptors (Lipinski definition) is 4. The molecule has 1 heterocycles. The van der Waals surface area contributed by atoms with Gasteiger partial charge in [0.15, 0.2) is 9.84 Å². The summed E-state index contributed by atoms with van der Waals surface area (Å²) in [5.74, 6) is -3.92. The first-order valence-corrected chi connectivity index (χ1v) is 7.24. The summed E-state index contributed by atoms with van der Waals surface area (Å²) in [5, 5.41) is 11.4. The van der Waals surface area contributed by atoms with E-state index in [0.29, 0.717) is 6.07 Å². The van der Waals surface area contributed by atoms with E-state index >= 15 is 0 Å². The van der Waals surface area contributed by atoms with Crippen LogP contribution >= 0.6 is 0 Å². The van der Waals surface area contributed by atoms with Gasteiger partial charge in [-0.15, -0.1) is 0 Å². The molecule has 8 heteroatoms. The number of nitrogens with one attached hydrogen (secondary N) is 1. The molecule has 0 aromatic heterocycles. The average molecular weight is 291 g/mol. The highest BCUT2D eigenvalue weighted by molar-refractivity contribution is 7.91. The Labute approximate surface area is 108 Å². The Bertz CT molecular complexity index is 597. The number of carboxylic acids is 1. The molecule has 0 saturated carbocycles. The molecule has 1 aromatic carbocycles. The third-order valence-electron chi connectivity index (χ3n) is 2.83. The van der Waals surface area contributed by atoms with Gasteiger partial charge in [0, 0.05) is 12.1 Å². The number of halogens is 2. The SMILES string of the molecule is O=C(O)C1CS(=O)(=O)CC(c2cc(F)cc(F)c2)N1. The van der Waals surface area contributed by atoms with Gasteiger partial charge >= 0.3 is 5.97 Å². The molecule has 5 nitrogen and oxygen atoms in total. The third kappa shape index (κ3) is 3.27. The van der Waals surface area contributed by atoms with E-state index in [4.69, 9.17) is 5.11 Å². The maximum Gasteiger partial charge on any atom is 0.321 e. The van der Waals surface area contributed by atoms with Gasteiger partial charge in [-0.3, -0.25) is 10.1 Å². The second-order valence-corrected chi connectivity index (χ2v) is 6.54. The zero-order chi connectivity index (χ0) is 14.2. The Morgan fingerprint density at radius 2 is 1.79 bits per heavy atom. The molecule has 0 aliphatic carbocycles. The van der Waals surface area contributed by atoms with Crippen molar-refractivity contribution in [3.8, 4) is 0 Å². The highest BCUT2D eigenvalue weighted by atomic mass is 32.2. The Balaban J connectivity index is 2.35. The first-order valence-electron chi connectivity index (χ1n) is 5.42. The van der Waals surface area contributed by atoms with Crippen LogP contribution in [0.5, 0.6) is 0 Å². The second-order valence-electron chi connectivity index (χ2n) is 4.39. The quantitative estimate of drug-likeness (QED) is 0.828. The normalized spacial score (nSPS) is 26.0. The summed E-state index contributed by atoms with van der Waals surface area (Å²) >= 11 is 0. The molecule has 1 aromatic rings. The van der Waals surface area contributed by atoms with Crippen LogP contribution in [0.1, 0.15) is 11.6 Å². The van der Waals surface area contributed by atoms with Crippen LogP contribution in [0.4, 0.5) is 8.78 Å². The monoisotopic (exact) mass is 291 g/mol. The number of rotatable bonds is 2. The van der Waals surface area contributed by atoms with Crippen LogP contribution in [0.2, 0.25) is 0 Å². The predicted octanol–water partition coefficient (Wildman–Crippen LogP) is 0.477. The van der Waals surface area contributed by atoms with Crippen molar-refractivity contribution in [2.24, 2.45) is 0 Å². The summed E-state index contributed by atoms with van der Waals surface area (Å²) in [5.41, 5.74) is 0.0759. The molecular formula is C11H11F2NO4S. The maximum atomic E-state index is 13.1. The first kappa shape index (κ1) is 13.9. The molecule has 19 heavy (non-hydrogen) atoms. The molecule has 0 amide bonds. The van der Waals surface area contributed by atoms with Crippen molar-refractivity contribution in [1.29, 1.82) is 0 Å². The topological polar surface area (TPSA) is 83.5 Å². The van der Waals surface area contributed by atoms with E-state index in [1.54, 1.807) is 0 Å². The van der Waals surface area contributed by atoms with Crippen LogP contribution in [-0.2, 0) is 14.6 Å². The highest BCUT2D eigenvalue weighted by Crippen LogP contribution is 2.22. The van der Waals surface area contributed by atoms with Crippen molar-refractivity contribution in [2.75, 3.05) is 11.5 Å². The molecule has 104 valence electrons. The van der Waals surface area contributed by atoms with Crippen molar-refractivity contribution in [1.82, 2.24) is 5.32 Å². The van der Waals surface area contributed by atoms with E-state index in [2.05, 4.69) is 5.32 Å². The maximum absolute atomic E-state index is 13.1. The fourth-order valence-corrected chi connectivity index (χ4v) is 3.71. The number of hydrogen-bond donors (Lipinski definition) is 2. The van der Waals surface area contributed by atoms with Crippen LogP contribution < -0.4 is 5.32 Å².